The van der Waals surface area contributed by atoms with E-state index in [2.05, 4.69) is 10.5 Å². The van der Waals surface area contributed by atoms with E-state index in [0.717, 1.165) is 11.4 Å². The van der Waals surface area contributed by atoms with Gasteiger partial charge in [0.1, 0.15) is 13.2 Å². The molecule has 2 amide bonds. The van der Waals surface area contributed by atoms with Crippen LogP contribution in [0.2, 0.25) is 25.1 Å². The summed E-state index contributed by atoms with van der Waals surface area (Å²) in [6.07, 6.45) is 1.06. The molecule has 1 N–H and O–H groups in total. The molecule has 0 bridgehead atoms. The monoisotopic (exact) mass is 545 g/mol. The van der Waals surface area contributed by atoms with Gasteiger partial charge < -0.3 is 10.2 Å². The van der Waals surface area contributed by atoms with Crippen LogP contribution in [0, 0.1) is 0 Å². The van der Waals surface area contributed by atoms with E-state index in [1.165, 1.54) is 0 Å². The van der Waals surface area contributed by atoms with Crippen LogP contribution in [-0.4, -0.2) is 17.4 Å². The summed E-state index contributed by atoms with van der Waals surface area (Å²) in [4.78, 5) is 23.6. The van der Waals surface area contributed by atoms with Gasteiger partial charge >= 0.3 is 6.03 Å². The molecule has 3 rings (SSSR count). The van der Waals surface area contributed by atoms with Gasteiger partial charge in [-0.25, -0.2) is 4.79 Å². The van der Waals surface area contributed by atoms with Crippen molar-refractivity contribution in [3.05, 3.63) is 96.9 Å². The van der Waals surface area contributed by atoms with Crippen molar-refractivity contribution in [1.82, 2.24) is 5.06 Å². The quantitative estimate of drug-likeness (QED) is 0.176. The number of oxime groups is 1. The van der Waals surface area contributed by atoms with Crippen molar-refractivity contribution < 1.29 is 14.5 Å². The zero-order chi connectivity index (χ0) is 23.8. The Morgan fingerprint density at radius 1 is 0.818 bits per heavy atom. The number of nitrogens with zero attached hydrogens (tertiary/aromatic N) is 2. The summed E-state index contributed by atoms with van der Waals surface area (Å²) in [6, 6.07) is 16.0. The van der Waals surface area contributed by atoms with Crippen LogP contribution in [0.5, 0.6) is 0 Å². The van der Waals surface area contributed by atoms with E-state index >= 15 is 0 Å². The smallest absolute Gasteiger partial charge is 0.351 e. The molecule has 3 aromatic carbocycles. The lowest BCUT2D eigenvalue weighted by molar-refractivity contribution is -0.0676. The molecule has 0 atom stereocenters. The highest BCUT2D eigenvalue weighted by Gasteiger charge is 2.16. The first kappa shape index (κ1) is 25.4. The van der Waals surface area contributed by atoms with E-state index in [-0.39, 0.29) is 13.2 Å². The van der Waals surface area contributed by atoms with E-state index in [1.54, 1.807) is 60.7 Å². The molecule has 0 heterocycles. The number of amides is 2. The highest BCUT2D eigenvalue weighted by Crippen LogP contribution is 2.26. The molecule has 0 radical (unpaired) electrons. The van der Waals surface area contributed by atoms with Gasteiger partial charge in [-0.2, -0.15) is 5.06 Å². The molecular weight excluding hydrogens is 532 g/mol. The first-order valence-corrected chi connectivity index (χ1v) is 11.2. The Labute approximate surface area is 215 Å². The van der Waals surface area contributed by atoms with Crippen molar-refractivity contribution in [3.63, 3.8) is 0 Å². The SMILES string of the molecule is O=C(Nc1ccc(Cl)cc1)N(/C=N/OCc1c(Cl)cccc1Cl)OCc1c(Cl)cccc1Cl. The average molecular weight is 548 g/mol. The fourth-order valence-electron chi connectivity index (χ4n) is 2.51. The van der Waals surface area contributed by atoms with Crippen LogP contribution in [0.25, 0.3) is 0 Å². The summed E-state index contributed by atoms with van der Waals surface area (Å²) in [5.41, 5.74) is 1.55. The maximum Gasteiger partial charge on any atom is 0.351 e. The fourth-order valence-corrected chi connectivity index (χ4v) is 3.65. The number of hydrogen-bond acceptors (Lipinski definition) is 4. The van der Waals surface area contributed by atoms with E-state index in [9.17, 15) is 4.79 Å². The number of carbonyl (C=O) groups excluding carboxylic acids is 1. The maximum absolute atomic E-state index is 12.8. The van der Waals surface area contributed by atoms with Gasteiger partial charge in [-0.15, -0.1) is 0 Å². The Morgan fingerprint density at radius 2 is 1.33 bits per heavy atom. The Balaban J connectivity index is 1.71. The van der Waals surface area contributed by atoms with Crippen LogP contribution in [-0.2, 0) is 22.9 Å². The van der Waals surface area contributed by atoms with Gasteiger partial charge in [0.05, 0.1) is 0 Å². The summed E-state index contributed by atoms with van der Waals surface area (Å²) >= 11 is 30.5. The summed E-state index contributed by atoms with van der Waals surface area (Å²) < 4.78 is 0. The van der Waals surface area contributed by atoms with Crippen molar-refractivity contribution in [3.8, 4) is 0 Å². The Kier molecular flexibility index (Phi) is 9.50. The molecule has 0 fully saturated rings. The summed E-state index contributed by atoms with van der Waals surface area (Å²) in [5, 5.41) is 9.48. The largest absolute Gasteiger partial charge is 0.390 e. The molecule has 0 saturated heterocycles. The number of anilines is 1. The van der Waals surface area contributed by atoms with E-state index in [1.807, 2.05) is 0 Å². The zero-order valence-electron chi connectivity index (χ0n) is 16.8. The molecule has 0 aliphatic carbocycles. The second-order valence-electron chi connectivity index (χ2n) is 6.43. The number of rotatable bonds is 8. The number of halogens is 5. The molecule has 3 aromatic rings. The Morgan fingerprint density at radius 3 is 1.88 bits per heavy atom. The fraction of sp³-hybridized carbons (Fsp3) is 0.0909. The molecule has 0 aliphatic rings. The number of hydroxylamine groups is 2. The maximum atomic E-state index is 12.8. The molecule has 0 saturated carbocycles. The van der Waals surface area contributed by atoms with Crippen molar-refractivity contribution in [2.45, 2.75) is 13.2 Å². The van der Waals surface area contributed by atoms with Gasteiger partial charge in [0.25, 0.3) is 0 Å². The topological polar surface area (TPSA) is 63.2 Å². The lowest BCUT2D eigenvalue weighted by Crippen LogP contribution is -2.34. The second-order valence-corrected chi connectivity index (χ2v) is 8.50. The van der Waals surface area contributed by atoms with Crippen LogP contribution < -0.4 is 5.32 Å². The van der Waals surface area contributed by atoms with Crippen molar-refractivity contribution in [1.29, 1.82) is 0 Å². The number of hydrogen-bond donors (Lipinski definition) is 1. The normalized spacial score (nSPS) is 10.9. The minimum Gasteiger partial charge on any atom is -0.390 e. The number of carbonyl (C=O) groups is 1. The summed E-state index contributed by atoms with van der Waals surface area (Å²) in [7, 11) is 0. The third-order valence-corrected chi connectivity index (χ3v) is 5.87. The highest BCUT2D eigenvalue weighted by atomic mass is 35.5. The molecule has 0 aromatic heterocycles. The highest BCUT2D eigenvalue weighted by molar-refractivity contribution is 6.36. The number of nitrogens with one attached hydrogen (secondary N) is 1. The predicted molar refractivity (Wildman–Crippen MR) is 133 cm³/mol. The standard InChI is InChI=1S/C22H16Cl5N3O3/c23-14-7-9-15(10-8-14)29-22(31)30(33-12-17-20(26)5-2-6-21(17)27)13-28-32-11-16-18(24)3-1-4-19(16)25/h1-10,13H,11-12H2,(H,29,31)/b28-13+. The van der Waals surface area contributed by atoms with Crippen LogP contribution in [0.15, 0.2) is 65.8 Å². The van der Waals surface area contributed by atoms with E-state index in [0.29, 0.717) is 41.9 Å². The van der Waals surface area contributed by atoms with Gasteiger partial charge in [-0.3, -0.25) is 4.84 Å². The van der Waals surface area contributed by atoms with Crippen molar-refractivity contribution >= 4 is 76.1 Å². The van der Waals surface area contributed by atoms with E-state index in [4.69, 9.17) is 67.7 Å². The lowest BCUT2D eigenvalue weighted by Gasteiger charge is -2.18. The number of urea groups is 1. The Bertz CT molecular complexity index is 1100. The van der Waals surface area contributed by atoms with Gasteiger partial charge in [0, 0.05) is 41.9 Å². The molecule has 0 unspecified atom stereocenters. The lowest BCUT2D eigenvalue weighted by atomic mass is 10.2. The second kappa shape index (κ2) is 12.3. The van der Waals surface area contributed by atoms with Crippen LogP contribution in [0.1, 0.15) is 11.1 Å². The minimum atomic E-state index is -0.649. The van der Waals surface area contributed by atoms with Crippen LogP contribution >= 0.6 is 58.0 Å². The zero-order valence-corrected chi connectivity index (χ0v) is 20.6. The minimum absolute atomic E-state index is 0.0159. The molecule has 6 nitrogen and oxygen atoms in total. The molecular formula is C22H16Cl5N3O3. The number of benzene rings is 3. The van der Waals surface area contributed by atoms with Crippen molar-refractivity contribution in [2.75, 3.05) is 5.32 Å². The van der Waals surface area contributed by atoms with Gasteiger partial charge in [0.2, 0.25) is 0 Å². The third-order valence-electron chi connectivity index (χ3n) is 4.20. The molecule has 172 valence electrons. The van der Waals surface area contributed by atoms with Gasteiger partial charge in [-0.05, 0) is 48.5 Å². The molecule has 0 spiro atoms. The van der Waals surface area contributed by atoms with Gasteiger partial charge in [0.15, 0.2) is 6.34 Å². The third kappa shape index (κ3) is 7.40. The summed E-state index contributed by atoms with van der Waals surface area (Å²) in [6.45, 7) is -0.118. The molecule has 0 aliphatic heterocycles. The molecule has 11 heteroatoms. The van der Waals surface area contributed by atoms with Gasteiger partial charge in [-0.1, -0.05) is 75.3 Å². The Hall–Kier alpha value is -2.19. The van der Waals surface area contributed by atoms with Crippen LogP contribution in [0.4, 0.5) is 10.5 Å². The first-order valence-electron chi connectivity index (χ1n) is 9.35. The average Bonchev–Trinajstić information content (AvgIpc) is 2.78. The van der Waals surface area contributed by atoms with Crippen molar-refractivity contribution in [2.24, 2.45) is 5.16 Å². The van der Waals surface area contributed by atoms with Crippen LogP contribution in [0.3, 0.4) is 0 Å². The predicted octanol–water partition coefficient (Wildman–Crippen LogP) is 8.08. The first-order chi connectivity index (χ1) is 15.8. The van der Waals surface area contributed by atoms with E-state index < -0.39 is 6.03 Å². The molecule has 33 heavy (non-hydrogen) atoms. The summed E-state index contributed by atoms with van der Waals surface area (Å²) in [5.74, 6) is 0.